The summed E-state index contributed by atoms with van der Waals surface area (Å²) in [5.41, 5.74) is 0.739. The molecule has 2 aliphatic rings. The number of rotatable bonds is 5. The third-order valence-corrected chi connectivity index (χ3v) is 4.98. The summed E-state index contributed by atoms with van der Waals surface area (Å²) in [7, 11) is 1.99. The first kappa shape index (κ1) is 14.8. The van der Waals surface area contributed by atoms with E-state index in [0.29, 0.717) is 24.4 Å². The molecule has 0 saturated heterocycles. The number of anilines is 1. The van der Waals surface area contributed by atoms with E-state index in [4.69, 9.17) is 0 Å². The number of pyridine rings is 1. The fraction of sp³-hybridized carbons (Fsp3) is 0.706. The van der Waals surface area contributed by atoms with E-state index < -0.39 is 0 Å². The SMILES string of the molecule is CC1CCC(N(C)c2nccc(CNC3CC3)c2F)CC1. The van der Waals surface area contributed by atoms with E-state index in [2.05, 4.69) is 22.1 Å². The highest BCUT2D eigenvalue weighted by atomic mass is 19.1. The van der Waals surface area contributed by atoms with Gasteiger partial charge in [-0.15, -0.1) is 0 Å². The average Bonchev–Trinajstić information content (AvgIpc) is 3.30. The molecule has 21 heavy (non-hydrogen) atoms. The molecule has 0 unspecified atom stereocenters. The first-order chi connectivity index (χ1) is 10.1. The average molecular weight is 291 g/mol. The molecular formula is C17H26FN3. The topological polar surface area (TPSA) is 28.2 Å². The van der Waals surface area contributed by atoms with Gasteiger partial charge in [-0.1, -0.05) is 6.92 Å². The van der Waals surface area contributed by atoms with Crippen LogP contribution in [0.15, 0.2) is 12.3 Å². The van der Waals surface area contributed by atoms with Crippen molar-refractivity contribution in [3.05, 3.63) is 23.6 Å². The molecule has 4 heteroatoms. The van der Waals surface area contributed by atoms with Gasteiger partial charge in [0.15, 0.2) is 11.6 Å². The Morgan fingerprint density at radius 1 is 1.24 bits per heavy atom. The van der Waals surface area contributed by atoms with Crippen LogP contribution in [0.1, 0.15) is 51.0 Å². The zero-order chi connectivity index (χ0) is 14.8. The first-order valence-corrected chi connectivity index (χ1v) is 8.24. The highest BCUT2D eigenvalue weighted by Gasteiger charge is 2.25. The lowest BCUT2D eigenvalue weighted by Crippen LogP contribution is -2.36. The Kier molecular flexibility index (Phi) is 4.43. The summed E-state index contributed by atoms with van der Waals surface area (Å²) >= 11 is 0. The van der Waals surface area contributed by atoms with E-state index in [1.165, 1.54) is 25.7 Å². The lowest BCUT2D eigenvalue weighted by Gasteiger charge is -2.34. The van der Waals surface area contributed by atoms with Crippen LogP contribution in [-0.2, 0) is 6.54 Å². The summed E-state index contributed by atoms with van der Waals surface area (Å²) < 4.78 is 14.7. The van der Waals surface area contributed by atoms with E-state index in [9.17, 15) is 4.39 Å². The van der Waals surface area contributed by atoms with Crippen LogP contribution in [0.2, 0.25) is 0 Å². The normalized spacial score (nSPS) is 25.9. The Bertz CT molecular complexity index is 479. The monoisotopic (exact) mass is 291 g/mol. The van der Waals surface area contributed by atoms with Gasteiger partial charge >= 0.3 is 0 Å². The molecule has 3 nitrogen and oxygen atoms in total. The highest BCUT2D eigenvalue weighted by Crippen LogP contribution is 2.30. The molecule has 1 aromatic rings. The highest BCUT2D eigenvalue weighted by molar-refractivity contribution is 5.43. The minimum absolute atomic E-state index is 0.147. The number of hydrogen-bond donors (Lipinski definition) is 1. The van der Waals surface area contributed by atoms with Crippen LogP contribution >= 0.6 is 0 Å². The molecule has 2 aliphatic carbocycles. The number of halogens is 1. The fourth-order valence-electron chi connectivity index (χ4n) is 3.20. The predicted molar refractivity (Wildman–Crippen MR) is 83.9 cm³/mol. The van der Waals surface area contributed by atoms with E-state index in [1.807, 2.05) is 7.05 Å². The molecule has 3 rings (SSSR count). The van der Waals surface area contributed by atoms with Gasteiger partial charge < -0.3 is 10.2 Å². The number of nitrogens with one attached hydrogen (secondary N) is 1. The molecule has 1 N–H and O–H groups in total. The number of aromatic nitrogens is 1. The first-order valence-electron chi connectivity index (χ1n) is 8.24. The zero-order valence-corrected chi connectivity index (χ0v) is 13.1. The van der Waals surface area contributed by atoms with E-state index in [1.54, 1.807) is 12.3 Å². The van der Waals surface area contributed by atoms with Crippen LogP contribution in [0, 0.1) is 11.7 Å². The lowest BCUT2D eigenvalue weighted by atomic mass is 9.87. The maximum atomic E-state index is 14.7. The molecule has 0 aliphatic heterocycles. The fourth-order valence-corrected chi connectivity index (χ4v) is 3.20. The smallest absolute Gasteiger partial charge is 0.170 e. The molecule has 0 amide bonds. The van der Waals surface area contributed by atoms with Crippen LogP contribution in [0.25, 0.3) is 0 Å². The van der Waals surface area contributed by atoms with Crippen LogP contribution in [0.5, 0.6) is 0 Å². The molecule has 0 bridgehead atoms. The molecule has 0 spiro atoms. The van der Waals surface area contributed by atoms with Gasteiger partial charge in [-0.05, 0) is 50.5 Å². The maximum Gasteiger partial charge on any atom is 0.170 e. The van der Waals surface area contributed by atoms with E-state index in [-0.39, 0.29) is 5.82 Å². The van der Waals surface area contributed by atoms with Crippen molar-refractivity contribution in [3.8, 4) is 0 Å². The summed E-state index contributed by atoms with van der Waals surface area (Å²) in [4.78, 5) is 6.36. The molecule has 1 heterocycles. The molecule has 0 aromatic carbocycles. The number of hydrogen-bond acceptors (Lipinski definition) is 3. The van der Waals surface area contributed by atoms with Gasteiger partial charge in [-0.3, -0.25) is 0 Å². The van der Waals surface area contributed by atoms with Gasteiger partial charge in [-0.25, -0.2) is 9.37 Å². The predicted octanol–water partition coefficient (Wildman–Crippen LogP) is 3.49. The van der Waals surface area contributed by atoms with Gasteiger partial charge in [-0.2, -0.15) is 0 Å². The summed E-state index contributed by atoms with van der Waals surface area (Å²) in [5.74, 6) is 1.18. The van der Waals surface area contributed by atoms with Gasteiger partial charge in [0, 0.05) is 37.4 Å². The minimum Gasteiger partial charge on any atom is -0.354 e. The van der Waals surface area contributed by atoms with Crippen molar-refractivity contribution in [3.63, 3.8) is 0 Å². The third kappa shape index (κ3) is 3.54. The molecule has 0 radical (unpaired) electrons. The summed E-state index contributed by atoms with van der Waals surface area (Å²) in [6, 6.07) is 2.82. The van der Waals surface area contributed by atoms with Gasteiger partial charge in [0.25, 0.3) is 0 Å². The second-order valence-corrected chi connectivity index (χ2v) is 6.79. The standard InChI is InChI=1S/C17H26FN3/c1-12-3-7-15(8-4-12)21(2)17-16(18)13(9-10-19-17)11-20-14-5-6-14/h9-10,12,14-15,20H,3-8,11H2,1-2H3. The molecule has 1 aromatic heterocycles. The van der Waals surface area contributed by atoms with Crippen molar-refractivity contribution in [2.75, 3.05) is 11.9 Å². The molecule has 116 valence electrons. The Balaban J connectivity index is 1.69. The van der Waals surface area contributed by atoms with Crippen LogP contribution < -0.4 is 10.2 Å². The van der Waals surface area contributed by atoms with E-state index >= 15 is 0 Å². The molecule has 0 atom stereocenters. The van der Waals surface area contributed by atoms with E-state index in [0.717, 1.165) is 24.3 Å². The van der Waals surface area contributed by atoms with Gasteiger partial charge in [0.05, 0.1) is 0 Å². The largest absolute Gasteiger partial charge is 0.354 e. The Labute approximate surface area is 126 Å². The second kappa shape index (κ2) is 6.30. The Morgan fingerprint density at radius 3 is 2.62 bits per heavy atom. The third-order valence-electron chi connectivity index (χ3n) is 4.98. The zero-order valence-electron chi connectivity index (χ0n) is 13.1. The van der Waals surface area contributed by atoms with Crippen molar-refractivity contribution < 1.29 is 4.39 Å². The second-order valence-electron chi connectivity index (χ2n) is 6.79. The Morgan fingerprint density at radius 2 is 1.95 bits per heavy atom. The van der Waals surface area contributed by atoms with Crippen molar-refractivity contribution in [1.29, 1.82) is 0 Å². The summed E-state index contributed by atoms with van der Waals surface area (Å²) in [6.45, 7) is 2.92. The van der Waals surface area contributed by atoms with Gasteiger partial charge in [0.1, 0.15) is 0 Å². The molecule has 2 saturated carbocycles. The van der Waals surface area contributed by atoms with Crippen molar-refractivity contribution in [1.82, 2.24) is 10.3 Å². The quantitative estimate of drug-likeness (QED) is 0.900. The van der Waals surface area contributed by atoms with Crippen LogP contribution in [0.4, 0.5) is 10.2 Å². The van der Waals surface area contributed by atoms with Crippen molar-refractivity contribution in [2.45, 2.75) is 64.1 Å². The van der Waals surface area contributed by atoms with Gasteiger partial charge in [0.2, 0.25) is 0 Å². The lowest BCUT2D eigenvalue weighted by molar-refractivity contribution is 0.338. The summed E-state index contributed by atoms with van der Waals surface area (Å²) in [6.07, 6.45) is 8.94. The summed E-state index contributed by atoms with van der Waals surface area (Å²) in [5, 5.41) is 3.38. The molecular weight excluding hydrogens is 265 g/mol. The maximum absolute atomic E-state index is 14.7. The van der Waals surface area contributed by atoms with Crippen molar-refractivity contribution >= 4 is 5.82 Å². The Hall–Kier alpha value is -1.16. The van der Waals surface area contributed by atoms with Crippen LogP contribution in [-0.4, -0.2) is 24.1 Å². The van der Waals surface area contributed by atoms with Crippen LogP contribution in [0.3, 0.4) is 0 Å². The van der Waals surface area contributed by atoms with Crippen molar-refractivity contribution in [2.24, 2.45) is 5.92 Å². The number of nitrogens with zero attached hydrogens (tertiary/aromatic N) is 2. The molecule has 2 fully saturated rings. The minimum atomic E-state index is -0.147.